The molecule has 1 N–H and O–H groups in total. The number of para-hydroxylation sites is 1. The molecule has 0 aromatic heterocycles. The smallest absolute Gasteiger partial charge is 0.335 e. The Morgan fingerprint density at radius 3 is 3.08 bits per heavy atom. The maximum Gasteiger partial charge on any atom is 0.335 e. The van der Waals surface area contributed by atoms with Gasteiger partial charge in [-0.05, 0) is 24.5 Å². The third kappa shape index (κ3) is 1.63. The largest absolute Gasteiger partial charge is 0.466 e. The standard InChI is InChI=1S/C21H22N2O2/c1-3-20-9-6-11-23-12-10-21(19(20)23)15-7-4-5-8-16(15)22-17(21)14(13-20)18(24)25-2/h3-9,19,22H,1,10-13H2,2H3/t19-,20-,21-/m0/s1. The van der Waals surface area contributed by atoms with Gasteiger partial charge in [0.2, 0.25) is 0 Å². The van der Waals surface area contributed by atoms with Crippen LogP contribution in [-0.2, 0) is 14.9 Å². The van der Waals surface area contributed by atoms with Crippen molar-refractivity contribution in [1.29, 1.82) is 0 Å². The number of anilines is 1. The highest BCUT2D eigenvalue weighted by molar-refractivity contribution is 5.93. The lowest BCUT2D eigenvalue weighted by Gasteiger charge is -2.52. The minimum atomic E-state index is -0.235. The summed E-state index contributed by atoms with van der Waals surface area (Å²) >= 11 is 0. The van der Waals surface area contributed by atoms with Crippen LogP contribution in [0.2, 0.25) is 0 Å². The molecule has 0 saturated carbocycles. The number of ether oxygens (including phenoxy) is 1. The van der Waals surface area contributed by atoms with Crippen molar-refractivity contribution in [3.05, 3.63) is 65.9 Å². The van der Waals surface area contributed by atoms with Gasteiger partial charge in [0.1, 0.15) is 0 Å². The number of carbonyl (C=O) groups excluding carboxylic acids is 1. The number of nitrogens with zero attached hydrogens (tertiary/aromatic N) is 1. The maximum atomic E-state index is 12.7. The van der Waals surface area contributed by atoms with Crippen LogP contribution in [0.3, 0.4) is 0 Å². The van der Waals surface area contributed by atoms with E-state index < -0.39 is 0 Å². The van der Waals surface area contributed by atoms with E-state index in [-0.39, 0.29) is 16.8 Å². The second kappa shape index (κ2) is 4.85. The highest BCUT2D eigenvalue weighted by Gasteiger charge is 2.65. The van der Waals surface area contributed by atoms with E-state index in [1.807, 2.05) is 12.1 Å². The monoisotopic (exact) mass is 334 g/mol. The molecule has 1 saturated heterocycles. The van der Waals surface area contributed by atoms with Gasteiger partial charge < -0.3 is 10.1 Å². The van der Waals surface area contributed by atoms with E-state index in [0.29, 0.717) is 12.5 Å². The predicted octanol–water partition coefficient (Wildman–Crippen LogP) is 3.00. The first-order valence-electron chi connectivity index (χ1n) is 8.90. The van der Waals surface area contributed by atoms with Gasteiger partial charge >= 0.3 is 5.97 Å². The molecule has 5 rings (SSSR count). The highest BCUT2D eigenvalue weighted by atomic mass is 16.5. The fourth-order valence-corrected chi connectivity index (χ4v) is 5.74. The summed E-state index contributed by atoms with van der Waals surface area (Å²) in [7, 11) is 1.47. The van der Waals surface area contributed by atoms with Gasteiger partial charge in [-0.15, -0.1) is 6.58 Å². The zero-order valence-corrected chi connectivity index (χ0v) is 14.4. The van der Waals surface area contributed by atoms with E-state index in [9.17, 15) is 4.79 Å². The molecule has 0 amide bonds. The Balaban J connectivity index is 1.85. The summed E-state index contributed by atoms with van der Waals surface area (Å²) in [6.07, 6.45) is 8.20. The number of hydrogen-bond acceptors (Lipinski definition) is 4. The van der Waals surface area contributed by atoms with Gasteiger partial charge in [0.15, 0.2) is 0 Å². The number of methoxy groups -OCH3 is 1. The Labute approximate surface area is 147 Å². The number of benzene rings is 1. The van der Waals surface area contributed by atoms with E-state index in [4.69, 9.17) is 4.74 Å². The summed E-state index contributed by atoms with van der Waals surface area (Å²) in [5.74, 6) is -0.230. The second-order valence-corrected chi connectivity index (χ2v) is 7.53. The molecule has 3 heterocycles. The fraction of sp³-hybridized carbons (Fsp3) is 0.381. The van der Waals surface area contributed by atoms with Crippen LogP contribution in [-0.4, -0.2) is 37.1 Å². The molecule has 3 atom stereocenters. The lowest BCUT2D eigenvalue weighted by Crippen LogP contribution is -2.57. The molecule has 1 spiro atoms. The second-order valence-electron chi connectivity index (χ2n) is 7.53. The van der Waals surface area contributed by atoms with Gasteiger partial charge in [0.25, 0.3) is 0 Å². The van der Waals surface area contributed by atoms with Gasteiger partial charge in [-0.25, -0.2) is 4.79 Å². The minimum Gasteiger partial charge on any atom is -0.466 e. The quantitative estimate of drug-likeness (QED) is 0.667. The van der Waals surface area contributed by atoms with Crippen LogP contribution in [0.1, 0.15) is 18.4 Å². The van der Waals surface area contributed by atoms with Crippen LogP contribution >= 0.6 is 0 Å². The number of fused-ring (bicyclic) bond motifs is 1. The molecule has 128 valence electrons. The SMILES string of the molecule is C=C[C@]12C=CCN3CC[C@]4(C(=C(C(=O)OC)C1)Nc1ccccc14)[C@@H]32. The molecule has 4 aliphatic rings. The summed E-state index contributed by atoms with van der Waals surface area (Å²) in [5, 5.41) is 3.59. The molecule has 1 aromatic carbocycles. The summed E-state index contributed by atoms with van der Waals surface area (Å²) < 4.78 is 5.16. The van der Waals surface area contributed by atoms with Crippen molar-refractivity contribution in [2.24, 2.45) is 5.41 Å². The molecule has 25 heavy (non-hydrogen) atoms. The van der Waals surface area contributed by atoms with E-state index >= 15 is 0 Å². The Bertz CT molecular complexity index is 855. The van der Waals surface area contributed by atoms with Crippen LogP contribution < -0.4 is 5.32 Å². The predicted molar refractivity (Wildman–Crippen MR) is 97.1 cm³/mol. The molecule has 1 aliphatic carbocycles. The van der Waals surface area contributed by atoms with E-state index in [0.717, 1.165) is 36.5 Å². The molecular formula is C21H22N2O2. The molecule has 1 fully saturated rings. The van der Waals surface area contributed by atoms with Crippen molar-refractivity contribution in [3.63, 3.8) is 0 Å². The number of esters is 1. The molecule has 0 bridgehead atoms. The Hall–Kier alpha value is -2.33. The number of carbonyl (C=O) groups is 1. The van der Waals surface area contributed by atoms with Gasteiger partial charge in [-0.3, -0.25) is 4.90 Å². The van der Waals surface area contributed by atoms with Crippen LogP contribution in [0.4, 0.5) is 5.69 Å². The van der Waals surface area contributed by atoms with Crippen molar-refractivity contribution < 1.29 is 9.53 Å². The fourth-order valence-electron chi connectivity index (χ4n) is 5.74. The number of hydrogen-bond donors (Lipinski definition) is 1. The zero-order valence-electron chi connectivity index (χ0n) is 14.4. The molecule has 3 aliphatic heterocycles. The van der Waals surface area contributed by atoms with Crippen molar-refractivity contribution in [2.75, 3.05) is 25.5 Å². The van der Waals surface area contributed by atoms with Crippen LogP contribution in [0.5, 0.6) is 0 Å². The van der Waals surface area contributed by atoms with E-state index in [2.05, 4.69) is 47.1 Å². The normalized spacial score (nSPS) is 34.8. The Kier molecular flexibility index (Phi) is 2.91. The maximum absolute atomic E-state index is 12.7. The molecule has 1 aromatic rings. The summed E-state index contributed by atoms with van der Waals surface area (Å²) in [4.78, 5) is 15.2. The van der Waals surface area contributed by atoms with Crippen LogP contribution in [0.25, 0.3) is 0 Å². The lowest BCUT2D eigenvalue weighted by molar-refractivity contribution is -0.136. The van der Waals surface area contributed by atoms with Crippen molar-refractivity contribution >= 4 is 11.7 Å². The molecule has 4 heteroatoms. The average Bonchev–Trinajstić information content (AvgIpc) is 3.21. The lowest BCUT2D eigenvalue weighted by atomic mass is 9.56. The average molecular weight is 334 g/mol. The molecular weight excluding hydrogens is 312 g/mol. The first-order valence-corrected chi connectivity index (χ1v) is 8.90. The Morgan fingerprint density at radius 2 is 2.28 bits per heavy atom. The van der Waals surface area contributed by atoms with Crippen molar-refractivity contribution in [1.82, 2.24) is 4.90 Å². The van der Waals surface area contributed by atoms with E-state index in [1.165, 1.54) is 12.7 Å². The van der Waals surface area contributed by atoms with Gasteiger partial charge in [-0.1, -0.05) is 36.4 Å². The molecule has 4 nitrogen and oxygen atoms in total. The van der Waals surface area contributed by atoms with Crippen molar-refractivity contribution in [3.8, 4) is 0 Å². The van der Waals surface area contributed by atoms with Gasteiger partial charge in [0.05, 0.1) is 18.1 Å². The van der Waals surface area contributed by atoms with Gasteiger partial charge in [0, 0.05) is 35.9 Å². The minimum absolute atomic E-state index is 0.183. The number of nitrogens with one attached hydrogen (secondary N) is 1. The first-order chi connectivity index (χ1) is 12.2. The first kappa shape index (κ1) is 15.0. The Morgan fingerprint density at radius 1 is 1.44 bits per heavy atom. The third-order valence-electron chi connectivity index (χ3n) is 6.61. The number of rotatable bonds is 2. The summed E-state index contributed by atoms with van der Waals surface area (Å²) in [6, 6.07) is 8.77. The molecule has 0 radical (unpaired) electrons. The van der Waals surface area contributed by atoms with E-state index in [1.54, 1.807) is 0 Å². The topological polar surface area (TPSA) is 41.6 Å². The van der Waals surface area contributed by atoms with Crippen molar-refractivity contribution in [2.45, 2.75) is 24.3 Å². The van der Waals surface area contributed by atoms with Crippen LogP contribution in [0, 0.1) is 5.41 Å². The van der Waals surface area contributed by atoms with Gasteiger partial charge in [-0.2, -0.15) is 0 Å². The van der Waals surface area contributed by atoms with Crippen LogP contribution in [0.15, 0.2) is 60.3 Å². The summed E-state index contributed by atoms with van der Waals surface area (Å²) in [6.45, 7) is 6.16. The zero-order chi connectivity index (χ0) is 17.2. The molecule has 0 unspecified atom stereocenters. The summed E-state index contributed by atoms with van der Waals surface area (Å²) in [5.41, 5.74) is 3.83. The highest BCUT2D eigenvalue weighted by Crippen LogP contribution is 2.63. The third-order valence-corrected chi connectivity index (χ3v) is 6.61.